The van der Waals surface area contributed by atoms with Crippen LogP contribution >= 0.6 is 0 Å². The van der Waals surface area contributed by atoms with Crippen LogP contribution in [0.5, 0.6) is 0 Å². The Labute approximate surface area is 722 Å². The first-order valence-electron chi connectivity index (χ1n) is 41.1. The molecule has 0 atom stereocenters. The molecule has 16 heterocycles. The lowest BCUT2D eigenvalue weighted by Crippen LogP contribution is -2.42. The quantitative estimate of drug-likeness (QED) is 0.0428. The summed E-state index contributed by atoms with van der Waals surface area (Å²) in [5, 5.41) is 65.7. The number of amides is 1. The molecule has 128 heavy (non-hydrogen) atoms. The van der Waals surface area contributed by atoms with Gasteiger partial charge in [0.15, 0.2) is 79.4 Å². The zero-order valence-electron chi connectivity index (χ0n) is 70.4. The van der Waals surface area contributed by atoms with E-state index >= 15 is 0 Å². The van der Waals surface area contributed by atoms with Crippen LogP contribution in [-0.4, -0.2) is 193 Å². The van der Waals surface area contributed by atoms with Crippen molar-refractivity contribution in [1.29, 1.82) is 0 Å². The number of ether oxygens (including phenoxy) is 1. The summed E-state index contributed by atoms with van der Waals surface area (Å²) in [6, 6.07) is 29.5. The number of hydrogen-bond donors (Lipinski definition) is 11. The number of fused-ring (bicyclic) bond motifs is 10. The van der Waals surface area contributed by atoms with E-state index in [0.717, 1.165) is 118 Å². The van der Waals surface area contributed by atoms with Crippen LogP contribution in [0.3, 0.4) is 0 Å². The van der Waals surface area contributed by atoms with Gasteiger partial charge in [-0.05, 0) is 152 Å². The summed E-state index contributed by atoms with van der Waals surface area (Å²) < 4.78 is 40.8. The number of oxazole rings is 1. The van der Waals surface area contributed by atoms with Crippen molar-refractivity contribution >= 4 is 174 Å². The summed E-state index contributed by atoms with van der Waals surface area (Å²) in [5.41, 5.74) is 56.7. The average Bonchev–Trinajstić information content (AvgIpc) is 1.56. The molecule has 2 aliphatic carbocycles. The number of nitrogens with two attached hydrogens (primary N) is 7. The van der Waals surface area contributed by atoms with Crippen molar-refractivity contribution in [3.8, 4) is 56.3 Å². The molecule has 3 fully saturated rings. The number of carbonyl (C=O) groups excluding carboxylic acids is 1. The normalized spacial score (nSPS) is 13.8. The topological polar surface area (TPSA) is 616 Å². The Bertz CT molecular complexity index is 7640. The van der Waals surface area contributed by atoms with Gasteiger partial charge in [0.1, 0.15) is 101 Å². The van der Waals surface area contributed by atoms with Crippen LogP contribution in [0, 0.1) is 0 Å². The zero-order chi connectivity index (χ0) is 88.7. The predicted molar refractivity (Wildman–Crippen MR) is 481 cm³/mol. The first-order valence-corrected chi connectivity index (χ1v) is 41.1. The molecule has 0 unspecified atom stereocenters. The SMILES string of the molecule is CC(C)n1nc(-c2ccc3onc(NC4CC4)c3c2)c2c(N)ncnc21.CNc1noc2cc(-c3nn(C(C)C)c4ncnc(N)c34)ccc12.CNc1noc2ccc(-c3nn(C(C)C)c4ncnc(N)c34)cc12.Nc1nc2cc(-c3nn(C4(CO)CC4)c4ncnc(N)c34)ccc2o1.Nc1noc2ccc(-c3nn(CC(=O)N4CCOCC4)c4ncnc(N)c34)cc12. The summed E-state index contributed by atoms with van der Waals surface area (Å²) in [6.45, 7) is 14.6. The number of nitrogens with zero attached hydrogens (tertiary/aromatic N) is 26. The Kier molecular flexibility index (Phi) is 20.8. The third kappa shape index (κ3) is 14.8. The number of aliphatic hydroxyl groups excluding tert-OH is 1. The van der Waals surface area contributed by atoms with E-state index in [1.165, 1.54) is 44.5 Å². The number of nitrogen functional groups attached to an aromatic ring is 7. The number of anilines is 10. The van der Waals surface area contributed by atoms with Gasteiger partial charge in [0.05, 0.1) is 73.8 Å². The van der Waals surface area contributed by atoms with Crippen LogP contribution in [0.1, 0.15) is 85.4 Å². The fraction of sp³-hybridized carbons (Fsp3) is 0.274. The van der Waals surface area contributed by atoms with Gasteiger partial charge in [0, 0.05) is 79.2 Å². The molecule has 44 heteroatoms. The van der Waals surface area contributed by atoms with Crippen molar-refractivity contribution in [2.24, 2.45) is 0 Å². The Morgan fingerprint density at radius 3 is 1.35 bits per heavy atom. The van der Waals surface area contributed by atoms with Gasteiger partial charge in [-0.2, -0.15) is 30.5 Å². The molecular formula is C84H86N36O8. The van der Waals surface area contributed by atoms with Gasteiger partial charge in [0.2, 0.25) is 5.91 Å². The van der Waals surface area contributed by atoms with E-state index in [1.807, 2.05) is 107 Å². The molecule has 15 aromatic heterocycles. The van der Waals surface area contributed by atoms with Crippen molar-refractivity contribution < 1.29 is 37.1 Å². The molecule has 18 N–H and O–H groups in total. The minimum absolute atomic E-state index is 0.00593. The summed E-state index contributed by atoms with van der Waals surface area (Å²) in [7, 11) is 3.61. The van der Waals surface area contributed by atoms with Gasteiger partial charge in [-0.25, -0.2) is 73.2 Å². The van der Waals surface area contributed by atoms with Crippen LogP contribution in [0.4, 0.5) is 58.4 Å². The van der Waals surface area contributed by atoms with Crippen molar-refractivity contribution in [2.75, 3.05) is 103 Å². The monoisotopic (exact) mass is 1730 g/mol. The third-order valence-electron chi connectivity index (χ3n) is 22.4. The van der Waals surface area contributed by atoms with Gasteiger partial charge in [-0.1, -0.05) is 26.7 Å². The molecule has 0 bridgehead atoms. The molecular weight excluding hydrogens is 1640 g/mol. The van der Waals surface area contributed by atoms with Gasteiger partial charge in [-0.15, -0.1) is 0 Å². The zero-order valence-corrected chi connectivity index (χ0v) is 70.4. The molecule has 1 saturated heterocycles. The van der Waals surface area contributed by atoms with Crippen molar-refractivity contribution in [2.45, 2.75) is 103 Å². The smallest absolute Gasteiger partial charge is 0.292 e. The fourth-order valence-corrected chi connectivity index (χ4v) is 15.5. The second-order valence-corrected chi connectivity index (χ2v) is 31.7. The maximum atomic E-state index is 12.7. The molecule has 44 nitrogen and oxygen atoms in total. The summed E-state index contributed by atoms with van der Waals surface area (Å²) in [4.78, 5) is 61.0. The van der Waals surface area contributed by atoms with Crippen molar-refractivity contribution in [3.05, 3.63) is 123 Å². The number of aliphatic hydroxyl groups is 1. The molecule has 1 amide bonds. The van der Waals surface area contributed by atoms with Gasteiger partial charge < -0.3 is 93.3 Å². The lowest BCUT2D eigenvalue weighted by atomic mass is 10.1. The van der Waals surface area contributed by atoms with Gasteiger partial charge in [-0.3, -0.25) is 4.79 Å². The highest BCUT2D eigenvalue weighted by molar-refractivity contribution is 6.06. The number of aromatic nitrogens is 25. The Morgan fingerprint density at radius 1 is 0.445 bits per heavy atom. The Hall–Kier alpha value is -16.4. The summed E-state index contributed by atoms with van der Waals surface area (Å²) in [6.07, 6.45) is 11.2. The predicted octanol–water partition coefficient (Wildman–Crippen LogP) is 11.0. The highest BCUT2D eigenvalue weighted by Crippen LogP contribution is 2.47. The first-order chi connectivity index (χ1) is 62.0. The number of rotatable bonds is 16. The molecule has 20 aromatic rings. The van der Waals surface area contributed by atoms with E-state index in [-0.39, 0.29) is 54.8 Å². The van der Waals surface area contributed by atoms with Gasteiger partial charge in [0.25, 0.3) is 6.01 Å². The molecule has 5 aromatic carbocycles. The minimum atomic E-state index is -0.403. The summed E-state index contributed by atoms with van der Waals surface area (Å²) >= 11 is 0. The van der Waals surface area contributed by atoms with Crippen LogP contribution in [0.2, 0.25) is 0 Å². The number of benzene rings is 5. The summed E-state index contributed by atoms with van der Waals surface area (Å²) in [5.74, 6) is 4.29. The highest BCUT2D eigenvalue weighted by atomic mass is 16.5. The number of carbonyl (C=O) groups is 1. The van der Waals surface area contributed by atoms with Crippen molar-refractivity contribution in [3.63, 3.8) is 0 Å². The standard InChI is InChI=1S/C18H18N8O3.C18H19N7O.C16H15N7O2.2C16H17N7O/c19-16-11-7-10(1-2-12(11)29-24-16)15-14-17(20)21-9-22-18(14)26(23-15)8-13(27)25-3-5-28-6-4-25;1-9(2)25-18-14(16(19)20-8-21-18)15(23-25)10-3-6-13-12(7-10)17(24-26-13)22-11-4-5-11;17-13-11-12(8-1-2-10-9(5-8)21-15(18)25-10)22-23(14(11)20-7-19-13)16(6-24)3-4-16;1-8(2)23-16-12(14(17)19-7-20-16)13(21-23)9-4-5-11-10(6-9)15(18-3)22-24-11;1-8(2)23-16-12(14(17)19-7-20-16)13(21-23)9-4-5-10-11(6-9)24-22-15(10)18-3/h1-2,7,9H,3-6,8H2,(H2,19,24)(H2,20,21,22);3,6-9,11H,4-5H2,1-2H3,(H,22,24)(H2,19,20,21);1-2,5,7,24H,3-4,6H2,(H2,18,21)(H2,17,19,20);2*4-8H,1-3H3,(H,18,22)(H2,17,19,20). The maximum Gasteiger partial charge on any atom is 0.292 e. The fourth-order valence-electron chi connectivity index (χ4n) is 15.5. The average molecular weight is 1730 g/mol. The molecule has 650 valence electrons. The molecule has 23 rings (SSSR count). The largest absolute Gasteiger partial charge is 0.424 e. The third-order valence-corrected chi connectivity index (χ3v) is 22.4. The van der Waals surface area contributed by atoms with E-state index in [9.17, 15) is 9.90 Å². The van der Waals surface area contributed by atoms with Gasteiger partial charge >= 0.3 is 0 Å². The van der Waals surface area contributed by atoms with Crippen molar-refractivity contribution in [1.82, 2.24) is 129 Å². The van der Waals surface area contributed by atoms with E-state index < -0.39 is 5.54 Å². The van der Waals surface area contributed by atoms with E-state index in [4.69, 9.17) is 87.8 Å². The van der Waals surface area contributed by atoms with E-state index in [0.29, 0.717) is 134 Å². The second kappa shape index (κ2) is 32.7. The Morgan fingerprint density at radius 2 is 0.852 bits per heavy atom. The number of nitrogens with one attached hydrogen (secondary N) is 3. The lowest BCUT2D eigenvalue weighted by molar-refractivity contribution is -0.136. The molecule has 2 saturated carbocycles. The molecule has 0 radical (unpaired) electrons. The maximum absolute atomic E-state index is 12.7. The van der Waals surface area contributed by atoms with Crippen LogP contribution in [0.25, 0.3) is 166 Å². The lowest BCUT2D eigenvalue weighted by Gasteiger charge is -2.26. The number of hydrogen-bond acceptors (Lipinski definition) is 38. The van der Waals surface area contributed by atoms with Crippen LogP contribution in [0.15, 0.2) is 145 Å². The Balaban J connectivity index is 0.000000104. The number of morpholine rings is 1. The minimum Gasteiger partial charge on any atom is -0.424 e. The van der Waals surface area contributed by atoms with Crippen LogP contribution < -0.4 is 56.1 Å². The first kappa shape index (κ1) is 81.3. The van der Waals surface area contributed by atoms with E-state index in [1.54, 1.807) is 40.5 Å². The molecule has 3 aliphatic rings. The van der Waals surface area contributed by atoms with Crippen LogP contribution in [-0.2, 0) is 21.6 Å². The molecule has 0 spiro atoms. The van der Waals surface area contributed by atoms with E-state index in [2.05, 4.69) is 124 Å². The second-order valence-electron chi connectivity index (χ2n) is 31.7. The highest BCUT2D eigenvalue weighted by Gasteiger charge is 2.47. The molecule has 1 aliphatic heterocycles.